The van der Waals surface area contributed by atoms with Crippen LogP contribution < -0.4 is 0 Å². The Morgan fingerprint density at radius 3 is 1.38 bits per heavy atom. The predicted molar refractivity (Wildman–Crippen MR) is 351 cm³/mol. The van der Waals surface area contributed by atoms with E-state index in [0.29, 0.717) is 16.3 Å². The Balaban J connectivity index is 0.000000170. The van der Waals surface area contributed by atoms with Gasteiger partial charge in [0.25, 0.3) is 0 Å². The molecule has 0 aliphatic carbocycles. The summed E-state index contributed by atoms with van der Waals surface area (Å²) >= 11 is 11.7. The molecule has 24 heteroatoms. The average molecular weight is 1820 g/mol. The highest BCUT2D eigenvalue weighted by atomic mass is 127. The van der Waals surface area contributed by atoms with Crippen molar-refractivity contribution in [3.8, 4) is 4.90 Å². The highest BCUT2D eigenvalue weighted by molar-refractivity contribution is 14.1. The van der Waals surface area contributed by atoms with E-state index in [9.17, 15) is 53.1 Å². The van der Waals surface area contributed by atoms with Gasteiger partial charge in [-0.2, -0.15) is 13.2 Å². The summed E-state index contributed by atoms with van der Waals surface area (Å²) in [7, 11) is -9.70. The topological polar surface area (TPSA) is 167 Å². The van der Waals surface area contributed by atoms with Crippen molar-refractivity contribution in [2.75, 3.05) is 18.1 Å². The zero-order chi connectivity index (χ0) is 57.7. The van der Waals surface area contributed by atoms with E-state index in [4.69, 9.17) is 4.74 Å². The molecule has 0 amide bonds. The van der Waals surface area contributed by atoms with Crippen LogP contribution in [-0.2, 0) is 40.6 Å². The first-order chi connectivity index (χ1) is 37.3. The van der Waals surface area contributed by atoms with E-state index >= 15 is 0 Å². The maximum atomic E-state index is 13.2. The number of hydrogen-bond acceptors (Lipinski definition) is 10. The van der Waals surface area contributed by atoms with Gasteiger partial charge in [-0.25, -0.2) is 30.8 Å². The molecule has 1 unspecified atom stereocenters. The van der Waals surface area contributed by atoms with Gasteiger partial charge >= 0.3 is 18.1 Å². The van der Waals surface area contributed by atoms with Crippen LogP contribution in [0.1, 0.15) is 20.7 Å². The molecule has 0 aliphatic heterocycles. The van der Waals surface area contributed by atoms with Crippen molar-refractivity contribution < 1.29 is 62.6 Å². The fraction of sp³-hybridized carbons (Fsp3) is 0.0909. The zero-order valence-corrected chi connectivity index (χ0v) is 56.3. The van der Waals surface area contributed by atoms with Crippen molar-refractivity contribution in [1.29, 1.82) is 0 Å². The van der Waals surface area contributed by atoms with Gasteiger partial charge in [-0.1, -0.05) is 78.9 Å². The van der Waals surface area contributed by atoms with Crippen LogP contribution in [0.15, 0.2) is 203 Å². The van der Waals surface area contributed by atoms with Gasteiger partial charge in [-0.15, -0.1) is 0 Å². The van der Waals surface area contributed by atoms with Crippen molar-refractivity contribution >= 4 is 209 Å². The number of halogens is 10. The molecule has 0 aliphatic rings. The van der Waals surface area contributed by atoms with Crippen LogP contribution >= 0.6 is 146 Å². The first kappa shape index (κ1) is 65.3. The van der Waals surface area contributed by atoms with E-state index in [1.165, 1.54) is 53.1 Å². The zero-order valence-electron chi connectivity index (χ0n) is 40.1. The molecule has 10 nitrogen and oxygen atoms in total. The van der Waals surface area contributed by atoms with Gasteiger partial charge in [0.1, 0.15) is 12.4 Å². The molecular formula is C55H38F4I6O10S4. The lowest BCUT2D eigenvalue weighted by Crippen LogP contribution is -2.39. The Morgan fingerprint density at radius 2 is 0.949 bits per heavy atom. The van der Waals surface area contributed by atoms with Crippen LogP contribution in [0.2, 0.25) is 0 Å². The molecule has 8 aromatic carbocycles. The summed E-state index contributed by atoms with van der Waals surface area (Å²) in [5.74, 6) is -4.74. The summed E-state index contributed by atoms with van der Waals surface area (Å²) in [5.41, 5.74) is 0.240. The molecule has 79 heavy (non-hydrogen) atoms. The molecular weight excluding hydrogens is 1790 g/mol. The number of alkyl halides is 3. The lowest BCUT2D eigenvalue weighted by atomic mass is 10.2. The molecule has 9 aromatic rings. The van der Waals surface area contributed by atoms with Gasteiger partial charge in [-0.3, -0.25) is 0 Å². The fourth-order valence-electron chi connectivity index (χ4n) is 7.05. The van der Waals surface area contributed by atoms with E-state index in [0.717, 1.165) is 15.6 Å². The Labute approximate surface area is 540 Å². The molecule has 0 saturated heterocycles. The van der Waals surface area contributed by atoms with Crippen molar-refractivity contribution in [3.63, 3.8) is 0 Å². The van der Waals surface area contributed by atoms with Gasteiger partial charge < -0.3 is 18.6 Å². The third-order valence-electron chi connectivity index (χ3n) is 10.5. The molecule has 0 bridgehead atoms. The third-order valence-corrected chi connectivity index (χ3v) is 23.7. The van der Waals surface area contributed by atoms with E-state index < -0.39 is 62.6 Å². The molecule has 0 spiro atoms. The van der Waals surface area contributed by atoms with Crippen LogP contribution in [0.4, 0.5) is 17.6 Å². The normalized spacial score (nSPS) is 11.8. The molecule has 0 saturated carbocycles. The Kier molecular flexibility index (Phi) is 24.9. The first-order valence-electron chi connectivity index (χ1n) is 22.5. The summed E-state index contributed by atoms with van der Waals surface area (Å²) in [5, 5.41) is 2.79. The summed E-state index contributed by atoms with van der Waals surface area (Å²) < 4.78 is 130. The second-order valence-corrected chi connectivity index (χ2v) is 30.0. The minimum Gasteiger partial charge on any atom is -0.748 e. The number of ether oxygens (including phenoxy) is 2. The smallest absolute Gasteiger partial charge is 0.426 e. The fourth-order valence-corrected chi connectivity index (χ4v) is 17.2. The van der Waals surface area contributed by atoms with Crippen molar-refractivity contribution in [2.24, 2.45) is 0 Å². The molecule has 1 heterocycles. The largest absolute Gasteiger partial charge is 0.748 e. The highest BCUT2D eigenvalue weighted by Gasteiger charge is 2.44. The van der Waals surface area contributed by atoms with E-state index in [1.807, 2.05) is 122 Å². The second kappa shape index (κ2) is 30.1. The number of rotatable bonds is 12. The Morgan fingerprint density at radius 1 is 0.544 bits per heavy atom. The maximum Gasteiger partial charge on any atom is 0.426 e. The minimum absolute atomic E-state index is 0.0594. The van der Waals surface area contributed by atoms with Crippen molar-refractivity contribution in [3.05, 3.63) is 226 Å². The van der Waals surface area contributed by atoms with Gasteiger partial charge in [-0.05, 0) is 245 Å². The molecule has 412 valence electrons. The van der Waals surface area contributed by atoms with E-state index in [1.54, 1.807) is 34.7 Å². The molecule has 0 fully saturated rings. The van der Waals surface area contributed by atoms with Gasteiger partial charge in [0, 0.05) is 42.7 Å². The molecule has 1 atom stereocenters. The summed E-state index contributed by atoms with van der Waals surface area (Å²) in [6.07, 6.45) is -8.16. The molecule has 0 N–H and O–H groups in total. The minimum atomic E-state index is -5.21. The first-order valence-corrected chi connectivity index (χ1v) is 34.6. The maximum absolute atomic E-state index is 13.2. The monoisotopic (exact) mass is 1820 g/mol. The summed E-state index contributed by atoms with van der Waals surface area (Å²) in [6.45, 7) is -0.428. The summed E-state index contributed by atoms with van der Waals surface area (Å²) in [6, 6.07) is 62.5. The number of esters is 2. The number of carbonyl (C=O) groups excluding carboxylic acids is 2. The average Bonchev–Trinajstić information content (AvgIpc) is 3.80. The lowest BCUT2D eigenvalue weighted by molar-refractivity contribution is -0.197. The number of carbonyl (C=O) groups is 2. The van der Waals surface area contributed by atoms with Crippen LogP contribution in [0, 0.1) is 27.2 Å². The lowest BCUT2D eigenvalue weighted by Gasteiger charge is -2.22. The highest BCUT2D eigenvalue weighted by Crippen LogP contribution is 2.48. The van der Waals surface area contributed by atoms with E-state index in [-0.39, 0.29) is 32.7 Å². The Bertz CT molecular complexity index is 3700. The number of benzene rings is 8. The SMILES string of the molecule is Fc1ccc([S+](c2ccccc2)c2ccccc2)cc1.O=C(OC(CS(=O)(=O)[O-])C(F)(F)F)c1cc(I)cc(I)c1I.O=C(OCCS(=O)(=O)[O-])c1cc(I)cc(I)c1I.c1ccc(-[s+]2c3ccccc3c3ccccc32)cc1. The van der Waals surface area contributed by atoms with Crippen LogP contribution in [0.3, 0.4) is 0 Å². The number of fused-ring (bicyclic) bond motifs is 3. The van der Waals surface area contributed by atoms with E-state index in [2.05, 4.69) is 153 Å². The molecule has 1 aromatic heterocycles. The van der Waals surface area contributed by atoms with Crippen molar-refractivity contribution in [2.45, 2.75) is 27.0 Å². The van der Waals surface area contributed by atoms with Crippen LogP contribution in [0.5, 0.6) is 0 Å². The summed E-state index contributed by atoms with van der Waals surface area (Å²) in [4.78, 5) is 28.6. The number of thiophene rings is 1. The van der Waals surface area contributed by atoms with Gasteiger partial charge in [0.2, 0.25) is 6.10 Å². The van der Waals surface area contributed by atoms with Crippen LogP contribution in [-0.4, -0.2) is 68.3 Å². The van der Waals surface area contributed by atoms with Crippen molar-refractivity contribution in [1.82, 2.24) is 0 Å². The van der Waals surface area contributed by atoms with Crippen LogP contribution in [0.25, 0.3) is 25.1 Å². The quantitative estimate of drug-likeness (QED) is 0.0287. The molecule has 0 radical (unpaired) electrons. The standard InChI is InChI=1S/C18H14FS.C18H13S.C10H6F3I3O5S.C9H7I3O5S/c19-15-11-13-18(14-12-15)20(16-7-3-1-4-8-16)17-9-5-2-6-10-17;1-2-8-14(9-3-1)19-17-12-6-4-10-15(17)16-11-5-7-13-18(16)19;11-10(12,13)7(3-22(18,19)20)21-9(17)5-1-4(14)2-6(15)8(5)16;10-5-3-6(8(12)7(11)4-5)9(13)17-1-2-18(14,15)16/h1-14H;1-13H;1-2,7H,3H2,(H,18,19,20);3-4H,1-2H2,(H,14,15,16)/q2*+1;;/p-2. The Hall–Kier alpha value is -2.81. The molecule has 9 rings (SSSR count). The van der Waals surface area contributed by atoms with Gasteiger partial charge in [0.15, 0.2) is 29.0 Å². The number of hydrogen-bond donors (Lipinski definition) is 0. The predicted octanol–water partition coefficient (Wildman–Crippen LogP) is 16.0. The van der Waals surface area contributed by atoms with Gasteiger partial charge in [0.05, 0.1) is 53.8 Å². The second-order valence-electron chi connectivity index (χ2n) is 16.1. The third kappa shape index (κ3) is 19.6.